The Kier molecular flexibility index (Phi) is 6.92. The molecule has 1 fully saturated rings. The molecule has 0 spiro atoms. The Morgan fingerprint density at radius 1 is 1.40 bits per heavy atom. The molecule has 1 aliphatic carbocycles. The van der Waals surface area contributed by atoms with E-state index in [2.05, 4.69) is 18.7 Å². The Bertz CT molecular complexity index is 298. The molecular formula is C15H29NO4. The lowest BCUT2D eigenvalue weighted by Crippen LogP contribution is -2.49. The second-order valence-electron chi connectivity index (χ2n) is 6.04. The van der Waals surface area contributed by atoms with Gasteiger partial charge in [0.15, 0.2) is 0 Å². The Balaban J connectivity index is 2.50. The second-order valence-corrected chi connectivity index (χ2v) is 6.04. The predicted molar refractivity (Wildman–Crippen MR) is 77.3 cm³/mol. The summed E-state index contributed by atoms with van der Waals surface area (Å²) in [5.41, 5.74) is -0.748. The van der Waals surface area contributed by atoms with Gasteiger partial charge >= 0.3 is 5.97 Å². The maximum absolute atomic E-state index is 11.7. The summed E-state index contributed by atoms with van der Waals surface area (Å²) >= 11 is 0. The molecule has 1 aliphatic rings. The molecule has 0 amide bonds. The van der Waals surface area contributed by atoms with Crippen molar-refractivity contribution in [3.63, 3.8) is 0 Å². The van der Waals surface area contributed by atoms with Gasteiger partial charge in [-0.1, -0.05) is 0 Å². The Labute approximate surface area is 121 Å². The molecule has 0 heterocycles. The van der Waals surface area contributed by atoms with Crippen LogP contribution in [0.4, 0.5) is 0 Å². The van der Waals surface area contributed by atoms with Crippen LogP contribution < -0.4 is 0 Å². The van der Waals surface area contributed by atoms with Crippen molar-refractivity contribution in [1.82, 2.24) is 4.90 Å². The van der Waals surface area contributed by atoms with Gasteiger partial charge in [-0.3, -0.25) is 9.69 Å². The average molecular weight is 287 g/mol. The minimum Gasteiger partial charge on any atom is -0.466 e. The number of carbonyl (C=O) groups excluding carboxylic acids is 1. The van der Waals surface area contributed by atoms with Gasteiger partial charge in [0.05, 0.1) is 24.7 Å². The van der Waals surface area contributed by atoms with Crippen molar-refractivity contribution in [3.8, 4) is 0 Å². The fourth-order valence-corrected chi connectivity index (χ4v) is 2.84. The SMILES string of the molecule is CCOC(=O)C1CCC(O)(CN(CCO)C(C)C)CC1. The van der Waals surface area contributed by atoms with Gasteiger partial charge in [-0.2, -0.15) is 0 Å². The summed E-state index contributed by atoms with van der Waals surface area (Å²) in [6.07, 6.45) is 2.59. The largest absolute Gasteiger partial charge is 0.466 e. The van der Waals surface area contributed by atoms with Crippen LogP contribution in [0.5, 0.6) is 0 Å². The molecule has 0 bridgehead atoms. The Hall–Kier alpha value is -0.650. The van der Waals surface area contributed by atoms with E-state index < -0.39 is 5.60 Å². The Morgan fingerprint density at radius 2 is 2.00 bits per heavy atom. The zero-order valence-corrected chi connectivity index (χ0v) is 13.0. The zero-order chi connectivity index (χ0) is 15.2. The summed E-state index contributed by atoms with van der Waals surface area (Å²) in [7, 11) is 0. The predicted octanol–water partition coefficient (Wildman–Crippen LogP) is 1.17. The van der Waals surface area contributed by atoms with Crippen molar-refractivity contribution in [2.45, 2.75) is 58.1 Å². The molecule has 0 aromatic rings. The van der Waals surface area contributed by atoms with Crippen LogP contribution in [0.1, 0.15) is 46.5 Å². The highest BCUT2D eigenvalue weighted by Crippen LogP contribution is 2.33. The zero-order valence-electron chi connectivity index (χ0n) is 13.0. The maximum Gasteiger partial charge on any atom is 0.308 e. The average Bonchev–Trinajstić information content (AvgIpc) is 2.39. The van der Waals surface area contributed by atoms with Crippen molar-refractivity contribution in [1.29, 1.82) is 0 Å². The van der Waals surface area contributed by atoms with E-state index in [4.69, 9.17) is 9.84 Å². The molecule has 0 aromatic carbocycles. The summed E-state index contributed by atoms with van der Waals surface area (Å²) < 4.78 is 5.04. The van der Waals surface area contributed by atoms with E-state index in [1.807, 2.05) is 6.92 Å². The second kappa shape index (κ2) is 7.96. The molecule has 5 heteroatoms. The number of ether oxygens (including phenoxy) is 1. The highest BCUT2D eigenvalue weighted by molar-refractivity contribution is 5.72. The lowest BCUT2D eigenvalue weighted by Gasteiger charge is -2.40. The molecule has 1 rings (SSSR count). The molecule has 2 N–H and O–H groups in total. The van der Waals surface area contributed by atoms with Gasteiger partial charge in [-0.05, 0) is 46.5 Å². The molecule has 0 aliphatic heterocycles. The van der Waals surface area contributed by atoms with E-state index in [9.17, 15) is 9.90 Å². The van der Waals surface area contributed by atoms with E-state index in [0.29, 0.717) is 45.4 Å². The van der Waals surface area contributed by atoms with Gasteiger partial charge in [-0.15, -0.1) is 0 Å². The normalized spacial score (nSPS) is 27.1. The number of aliphatic hydroxyl groups is 2. The van der Waals surface area contributed by atoms with E-state index in [-0.39, 0.29) is 24.5 Å². The third-order valence-corrected chi connectivity index (χ3v) is 4.15. The van der Waals surface area contributed by atoms with Crippen molar-refractivity contribution < 1.29 is 19.7 Å². The summed E-state index contributed by atoms with van der Waals surface area (Å²) in [5, 5.41) is 19.8. The lowest BCUT2D eigenvalue weighted by atomic mass is 9.78. The molecular weight excluding hydrogens is 258 g/mol. The molecule has 0 unspecified atom stereocenters. The smallest absolute Gasteiger partial charge is 0.308 e. The summed E-state index contributed by atoms with van der Waals surface area (Å²) in [4.78, 5) is 13.8. The van der Waals surface area contributed by atoms with E-state index in [0.717, 1.165) is 0 Å². The maximum atomic E-state index is 11.7. The molecule has 0 saturated heterocycles. The first-order valence-electron chi connectivity index (χ1n) is 7.66. The van der Waals surface area contributed by atoms with Gasteiger partial charge in [0, 0.05) is 19.1 Å². The highest BCUT2D eigenvalue weighted by Gasteiger charge is 2.37. The first-order valence-corrected chi connectivity index (χ1v) is 7.66. The van der Waals surface area contributed by atoms with Crippen LogP contribution in [-0.2, 0) is 9.53 Å². The summed E-state index contributed by atoms with van der Waals surface area (Å²) in [5.74, 6) is -0.203. The lowest BCUT2D eigenvalue weighted by molar-refractivity contribution is -0.151. The fourth-order valence-electron chi connectivity index (χ4n) is 2.84. The topological polar surface area (TPSA) is 70.0 Å². The van der Waals surface area contributed by atoms with Crippen molar-refractivity contribution in [2.75, 3.05) is 26.3 Å². The van der Waals surface area contributed by atoms with Crippen LogP contribution in [0.3, 0.4) is 0 Å². The number of aliphatic hydroxyl groups excluding tert-OH is 1. The van der Waals surface area contributed by atoms with Crippen LogP contribution in [0.15, 0.2) is 0 Å². The van der Waals surface area contributed by atoms with Gasteiger partial charge in [0.25, 0.3) is 0 Å². The first kappa shape index (κ1) is 17.4. The van der Waals surface area contributed by atoms with E-state index in [1.165, 1.54) is 0 Å². The van der Waals surface area contributed by atoms with Crippen molar-refractivity contribution in [2.24, 2.45) is 5.92 Å². The van der Waals surface area contributed by atoms with Gasteiger partial charge in [0.1, 0.15) is 0 Å². The van der Waals surface area contributed by atoms with E-state index in [1.54, 1.807) is 0 Å². The molecule has 118 valence electrons. The molecule has 0 aromatic heterocycles. The third kappa shape index (κ3) is 5.04. The minimum atomic E-state index is -0.748. The standard InChI is InChI=1S/C15H29NO4/c1-4-20-14(18)13-5-7-15(19,8-6-13)11-16(9-10-17)12(2)3/h12-13,17,19H,4-11H2,1-3H3. The third-order valence-electron chi connectivity index (χ3n) is 4.15. The molecule has 0 radical (unpaired) electrons. The van der Waals surface area contributed by atoms with E-state index >= 15 is 0 Å². The Morgan fingerprint density at radius 3 is 2.45 bits per heavy atom. The number of hydrogen-bond acceptors (Lipinski definition) is 5. The van der Waals surface area contributed by atoms with Crippen molar-refractivity contribution in [3.05, 3.63) is 0 Å². The number of rotatable bonds is 7. The number of nitrogens with zero attached hydrogens (tertiary/aromatic N) is 1. The van der Waals surface area contributed by atoms with Crippen LogP contribution >= 0.6 is 0 Å². The van der Waals surface area contributed by atoms with Crippen LogP contribution in [0, 0.1) is 5.92 Å². The molecule has 1 saturated carbocycles. The number of esters is 1. The van der Waals surface area contributed by atoms with Crippen LogP contribution in [0.25, 0.3) is 0 Å². The molecule has 20 heavy (non-hydrogen) atoms. The highest BCUT2D eigenvalue weighted by atomic mass is 16.5. The summed E-state index contributed by atoms with van der Waals surface area (Å²) in [6.45, 7) is 7.57. The van der Waals surface area contributed by atoms with Crippen LogP contribution in [-0.4, -0.2) is 59.0 Å². The number of hydrogen-bond donors (Lipinski definition) is 2. The fraction of sp³-hybridized carbons (Fsp3) is 0.933. The minimum absolute atomic E-state index is 0.0689. The quantitative estimate of drug-likeness (QED) is 0.688. The van der Waals surface area contributed by atoms with Crippen LogP contribution in [0.2, 0.25) is 0 Å². The molecule has 5 nitrogen and oxygen atoms in total. The first-order chi connectivity index (χ1) is 9.41. The monoisotopic (exact) mass is 287 g/mol. The van der Waals surface area contributed by atoms with Gasteiger partial charge < -0.3 is 14.9 Å². The van der Waals surface area contributed by atoms with Crippen molar-refractivity contribution >= 4 is 5.97 Å². The van der Waals surface area contributed by atoms with Gasteiger partial charge in [0.2, 0.25) is 0 Å². The molecule has 0 atom stereocenters. The number of carbonyl (C=O) groups is 1. The van der Waals surface area contributed by atoms with Gasteiger partial charge in [-0.25, -0.2) is 0 Å². The summed E-state index contributed by atoms with van der Waals surface area (Å²) in [6, 6.07) is 0.286.